The number of amides is 1. The van der Waals surface area contributed by atoms with Crippen molar-refractivity contribution in [3.05, 3.63) is 58.3 Å². The second-order valence-corrected chi connectivity index (χ2v) is 8.72. The molecule has 3 aromatic rings. The lowest BCUT2D eigenvalue weighted by Gasteiger charge is -2.27. The molecule has 0 saturated carbocycles. The molecule has 0 bridgehead atoms. The van der Waals surface area contributed by atoms with Crippen molar-refractivity contribution >= 4 is 33.5 Å². The van der Waals surface area contributed by atoms with E-state index in [0.29, 0.717) is 16.2 Å². The van der Waals surface area contributed by atoms with Crippen LogP contribution in [-0.4, -0.2) is 31.2 Å². The monoisotopic (exact) mass is 511 g/mol. The second-order valence-electron chi connectivity index (χ2n) is 7.97. The van der Waals surface area contributed by atoms with Crippen LogP contribution in [0, 0.1) is 13.8 Å². The van der Waals surface area contributed by atoms with Gasteiger partial charge in [0.2, 0.25) is 0 Å². The molecule has 11 heteroatoms. The smallest absolute Gasteiger partial charge is 0.420 e. The van der Waals surface area contributed by atoms with Crippen molar-refractivity contribution in [3.8, 4) is 5.82 Å². The first kappa shape index (κ1) is 23.7. The predicted octanol–water partition coefficient (Wildman–Crippen LogP) is 6.13. The number of nitrogens with zero attached hydrogens (tertiary/aromatic N) is 5. The van der Waals surface area contributed by atoms with Gasteiger partial charge >= 0.3 is 12.3 Å². The van der Waals surface area contributed by atoms with E-state index in [9.17, 15) is 18.0 Å². The van der Waals surface area contributed by atoms with E-state index in [2.05, 4.69) is 30.9 Å². The van der Waals surface area contributed by atoms with E-state index in [1.165, 1.54) is 24.5 Å². The maximum Gasteiger partial charge on any atom is 0.420 e. The Balaban J connectivity index is 2.11. The minimum atomic E-state index is -4.50. The van der Waals surface area contributed by atoms with Crippen LogP contribution >= 0.6 is 15.9 Å². The van der Waals surface area contributed by atoms with Crippen molar-refractivity contribution in [2.45, 2.75) is 46.4 Å². The minimum Gasteiger partial charge on any atom is -0.443 e. The van der Waals surface area contributed by atoms with Gasteiger partial charge in [0.05, 0.1) is 29.3 Å². The number of imidazole rings is 1. The summed E-state index contributed by atoms with van der Waals surface area (Å²) in [5, 5.41) is 0. The van der Waals surface area contributed by atoms with Gasteiger partial charge < -0.3 is 4.74 Å². The summed E-state index contributed by atoms with van der Waals surface area (Å²) in [7, 11) is 0. The number of aryl methyl sites for hydroxylation is 1. The van der Waals surface area contributed by atoms with Gasteiger partial charge in [0, 0.05) is 0 Å². The van der Waals surface area contributed by atoms with Crippen molar-refractivity contribution in [2.75, 3.05) is 4.90 Å². The van der Waals surface area contributed by atoms with Crippen LogP contribution in [0.2, 0.25) is 0 Å². The van der Waals surface area contributed by atoms with Crippen molar-refractivity contribution in [2.24, 2.45) is 0 Å². The maximum absolute atomic E-state index is 13.0. The SMILES string of the molecule is Cc1nc(Br)c(C)n1-c1cncc(N(C(=O)OC(C)(C)C)c2ccc(C(F)(F)F)cc2)n1. The Bertz CT molecular complexity index is 1140. The van der Waals surface area contributed by atoms with Crippen LogP contribution in [0.4, 0.5) is 29.5 Å². The molecule has 2 heterocycles. The van der Waals surface area contributed by atoms with Gasteiger partial charge in [-0.05, 0) is 74.8 Å². The zero-order chi connectivity index (χ0) is 23.8. The van der Waals surface area contributed by atoms with Crippen LogP contribution in [0.25, 0.3) is 5.82 Å². The van der Waals surface area contributed by atoms with Crippen LogP contribution in [0.1, 0.15) is 37.9 Å². The first-order valence-electron chi connectivity index (χ1n) is 9.52. The number of halogens is 4. The van der Waals surface area contributed by atoms with E-state index in [-0.39, 0.29) is 11.5 Å². The summed E-state index contributed by atoms with van der Waals surface area (Å²) in [4.78, 5) is 27.1. The van der Waals surface area contributed by atoms with Crippen molar-refractivity contribution in [1.82, 2.24) is 19.5 Å². The molecule has 0 aliphatic heterocycles. The topological polar surface area (TPSA) is 73.1 Å². The zero-order valence-corrected chi connectivity index (χ0v) is 19.6. The third-order valence-corrected chi connectivity index (χ3v) is 5.06. The molecule has 0 saturated heterocycles. The lowest BCUT2D eigenvalue weighted by Crippen LogP contribution is -2.34. The van der Waals surface area contributed by atoms with Gasteiger partial charge in [-0.1, -0.05) is 0 Å². The number of rotatable bonds is 3. The highest BCUT2D eigenvalue weighted by Crippen LogP contribution is 2.33. The summed E-state index contributed by atoms with van der Waals surface area (Å²) < 4.78 is 46.9. The minimum absolute atomic E-state index is 0.0835. The average molecular weight is 512 g/mol. The van der Waals surface area contributed by atoms with Crippen LogP contribution in [0.15, 0.2) is 41.3 Å². The molecule has 0 radical (unpaired) electrons. The highest BCUT2D eigenvalue weighted by atomic mass is 79.9. The molecule has 0 atom stereocenters. The molecule has 32 heavy (non-hydrogen) atoms. The Morgan fingerprint density at radius 1 is 1.06 bits per heavy atom. The number of carbonyl (C=O) groups excluding carboxylic acids is 1. The van der Waals surface area contributed by atoms with Crippen LogP contribution < -0.4 is 4.90 Å². The predicted molar refractivity (Wildman–Crippen MR) is 116 cm³/mol. The molecule has 1 amide bonds. The van der Waals surface area contributed by atoms with Crippen LogP contribution in [0.3, 0.4) is 0 Å². The molecule has 7 nitrogen and oxygen atoms in total. The van der Waals surface area contributed by atoms with E-state index in [0.717, 1.165) is 22.7 Å². The Kier molecular flexibility index (Phi) is 6.32. The van der Waals surface area contributed by atoms with Crippen molar-refractivity contribution in [3.63, 3.8) is 0 Å². The highest BCUT2D eigenvalue weighted by molar-refractivity contribution is 9.10. The van der Waals surface area contributed by atoms with Gasteiger partial charge in [-0.15, -0.1) is 0 Å². The Labute approximate surface area is 191 Å². The molecule has 0 N–H and O–H groups in total. The van der Waals surface area contributed by atoms with E-state index in [1.807, 2.05) is 6.92 Å². The molecule has 1 aromatic carbocycles. The van der Waals surface area contributed by atoms with E-state index >= 15 is 0 Å². The molecule has 0 spiro atoms. The Hall–Kier alpha value is -2.95. The number of alkyl halides is 3. The fraction of sp³-hybridized carbons (Fsp3) is 0.333. The molecule has 0 fully saturated rings. The Morgan fingerprint density at radius 2 is 1.69 bits per heavy atom. The van der Waals surface area contributed by atoms with E-state index in [4.69, 9.17) is 4.74 Å². The molecule has 0 aliphatic carbocycles. The third kappa shape index (κ3) is 5.09. The zero-order valence-electron chi connectivity index (χ0n) is 18.0. The molecule has 0 aliphatic rings. The lowest BCUT2D eigenvalue weighted by molar-refractivity contribution is -0.137. The summed E-state index contributed by atoms with van der Waals surface area (Å²) in [5.74, 6) is 1.11. The average Bonchev–Trinajstić information content (AvgIpc) is 2.92. The summed E-state index contributed by atoms with van der Waals surface area (Å²) in [6.07, 6.45) is -2.47. The number of aromatic nitrogens is 4. The quantitative estimate of drug-likeness (QED) is 0.422. The molecular formula is C21H21BrF3N5O2. The molecule has 0 unspecified atom stereocenters. The fourth-order valence-electron chi connectivity index (χ4n) is 2.94. The van der Waals surface area contributed by atoms with Gasteiger partial charge in [0.1, 0.15) is 16.0 Å². The number of benzene rings is 1. The van der Waals surface area contributed by atoms with Gasteiger partial charge in [-0.2, -0.15) is 13.2 Å². The van der Waals surface area contributed by atoms with Crippen LogP contribution in [0.5, 0.6) is 0 Å². The first-order chi connectivity index (χ1) is 14.8. The molecule has 170 valence electrons. The summed E-state index contributed by atoms with van der Waals surface area (Å²) in [6, 6.07) is 4.16. The summed E-state index contributed by atoms with van der Waals surface area (Å²) in [5.41, 5.74) is -0.750. The fourth-order valence-corrected chi connectivity index (χ4v) is 3.38. The van der Waals surface area contributed by atoms with Gasteiger partial charge in [-0.3, -0.25) is 9.55 Å². The highest BCUT2D eigenvalue weighted by Gasteiger charge is 2.32. The van der Waals surface area contributed by atoms with Crippen molar-refractivity contribution in [1.29, 1.82) is 0 Å². The standard InChI is InChI=1S/C21H21BrF3N5O2/c1-12-18(22)27-13(2)29(12)16-10-26-11-17(28-16)30(19(31)32-20(3,4)5)15-8-6-14(7-9-15)21(23,24)25/h6-11H,1-5H3. The van der Waals surface area contributed by atoms with Gasteiger partial charge in [-0.25, -0.2) is 19.7 Å². The lowest BCUT2D eigenvalue weighted by atomic mass is 10.2. The van der Waals surface area contributed by atoms with Gasteiger partial charge in [0.25, 0.3) is 0 Å². The first-order valence-corrected chi connectivity index (χ1v) is 10.3. The summed E-state index contributed by atoms with van der Waals surface area (Å²) in [6.45, 7) is 8.68. The van der Waals surface area contributed by atoms with E-state index < -0.39 is 23.4 Å². The Morgan fingerprint density at radius 3 is 2.19 bits per heavy atom. The number of carbonyl (C=O) groups is 1. The normalized spacial score (nSPS) is 12.0. The van der Waals surface area contributed by atoms with E-state index in [1.54, 1.807) is 32.3 Å². The second kappa shape index (κ2) is 8.53. The number of hydrogen-bond acceptors (Lipinski definition) is 5. The number of ether oxygens (including phenoxy) is 1. The van der Waals surface area contributed by atoms with Gasteiger partial charge in [0.15, 0.2) is 11.6 Å². The molecule has 3 rings (SSSR count). The third-order valence-electron chi connectivity index (χ3n) is 4.31. The largest absolute Gasteiger partial charge is 0.443 e. The number of anilines is 2. The maximum atomic E-state index is 13.0. The summed E-state index contributed by atoms with van der Waals surface area (Å²) >= 11 is 3.37. The van der Waals surface area contributed by atoms with Crippen molar-refractivity contribution < 1.29 is 22.7 Å². The molecular weight excluding hydrogens is 491 g/mol. The molecule has 2 aromatic heterocycles. The van der Waals surface area contributed by atoms with Crippen LogP contribution in [-0.2, 0) is 10.9 Å². The number of hydrogen-bond donors (Lipinski definition) is 0.